The van der Waals surface area contributed by atoms with Crippen LogP contribution >= 0.6 is 0 Å². The van der Waals surface area contributed by atoms with Crippen LogP contribution in [0.5, 0.6) is 5.75 Å². The van der Waals surface area contributed by atoms with Crippen molar-refractivity contribution in [1.82, 2.24) is 14.9 Å². The normalized spacial score (nSPS) is 21.0. The number of alkyl carbamates (subject to hydrolysis) is 2. The Bertz CT molecular complexity index is 1400. The molecular weight excluding hydrogens is 614 g/mol. The smallest absolute Gasteiger partial charge is 0.407 e. The van der Waals surface area contributed by atoms with E-state index in [4.69, 9.17) is 23.7 Å². The molecule has 0 aliphatic carbocycles. The van der Waals surface area contributed by atoms with Crippen LogP contribution in [0.2, 0.25) is 0 Å². The van der Waals surface area contributed by atoms with Crippen LogP contribution in [0.3, 0.4) is 0 Å². The van der Waals surface area contributed by atoms with Gasteiger partial charge in [0.15, 0.2) is 6.29 Å². The Morgan fingerprint density at radius 3 is 2.26 bits per heavy atom. The summed E-state index contributed by atoms with van der Waals surface area (Å²) in [6, 6.07) is 13.8. The third-order valence-corrected chi connectivity index (χ3v) is 9.55. The number of fused-ring (bicyclic) bond motifs is 1. The molecular formula is C33H47N3O9S. The van der Waals surface area contributed by atoms with E-state index in [1.54, 1.807) is 32.9 Å². The van der Waals surface area contributed by atoms with Crippen molar-refractivity contribution in [1.29, 1.82) is 0 Å². The molecule has 2 amide bonds. The van der Waals surface area contributed by atoms with E-state index < -0.39 is 52.3 Å². The third kappa shape index (κ3) is 9.81. The van der Waals surface area contributed by atoms with Gasteiger partial charge in [-0.2, -0.15) is 4.31 Å². The standard InChI is InChI=1S/C33H47N3O9S/c1-22(2)19-36(46(39,40)25-14-12-24(41-6)13-15-25)20-28(35-32(38)45-33(3,4)5)27(18-23-10-8-7-9-11-23)34-31(37)44-29-21-43-30-26(29)16-17-42-30/h7-15,22,26-30H,16-21H2,1-6H3,(H,34,37)(H,35,38)/t26-,27-,28+,29-,30+/m0/s1. The van der Waals surface area contributed by atoms with Gasteiger partial charge in [0.2, 0.25) is 10.0 Å². The zero-order valence-electron chi connectivity index (χ0n) is 27.4. The highest BCUT2D eigenvalue weighted by molar-refractivity contribution is 7.89. The van der Waals surface area contributed by atoms with Gasteiger partial charge in [0.1, 0.15) is 17.5 Å². The van der Waals surface area contributed by atoms with Gasteiger partial charge in [-0.15, -0.1) is 0 Å². The molecule has 2 aliphatic rings. The van der Waals surface area contributed by atoms with Crippen LogP contribution in [0.25, 0.3) is 0 Å². The van der Waals surface area contributed by atoms with Gasteiger partial charge in [-0.3, -0.25) is 0 Å². The van der Waals surface area contributed by atoms with Crippen molar-refractivity contribution in [2.75, 3.05) is 33.4 Å². The lowest BCUT2D eigenvalue weighted by atomic mass is 9.99. The summed E-state index contributed by atoms with van der Waals surface area (Å²) in [5, 5.41) is 5.81. The molecule has 2 aromatic carbocycles. The molecule has 0 radical (unpaired) electrons. The van der Waals surface area contributed by atoms with Gasteiger partial charge in [0.05, 0.1) is 43.2 Å². The van der Waals surface area contributed by atoms with Gasteiger partial charge in [-0.1, -0.05) is 44.2 Å². The predicted molar refractivity (Wildman–Crippen MR) is 171 cm³/mol. The minimum Gasteiger partial charge on any atom is -0.497 e. The average Bonchev–Trinajstić information content (AvgIpc) is 3.60. The number of methoxy groups -OCH3 is 1. The highest BCUT2D eigenvalue weighted by Crippen LogP contribution is 2.33. The second-order valence-corrected chi connectivity index (χ2v) is 15.0. The number of nitrogens with one attached hydrogen (secondary N) is 2. The number of carbonyl (C=O) groups is 2. The van der Waals surface area contributed by atoms with Crippen molar-refractivity contribution in [3.63, 3.8) is 0 Å². The number of ether oxygens (including phenoxy) is 5. The minimum absolute atomic E-state index is 0.0513. The Balaban J connectivity index is 1.66. The van der Waals surface area contributed by atoms with Gasteiger partial charge in [0.25, 0.3) is 0 Å². The van der Waals surface area contributed by atoms with E-state index in [9.17, 15) is 18.0 Å². The summed E-state index contributed by atoms with van der Waals surface area (Å²) in [7, 11) is -2.53. The molecule has 2 N–H and O–H groups in total. The van der Waals surface area contributed by atoms with E-state index in [-0.39, 0.29) is 42.8 Å². The average molecular weight is 662 g/mol. The lowest BCUT2D eigenvalue weighted by molar-refractivity contribution is -0.0907. The lowest BCUT2D eigenvalue weighted by Gasteiger charge is -2.34. The maximum atomic E-state index is 14.1. The highest BCUT2D eigenvalue weighted by atomic mass is 32.2. The molecule has 13 heteroatoms. The fourth-order valence-corrected chi connectivity index (χ4v) is 7.19. The molecule has 5 atom stereocenters. The van der Waals surface area contributed by atoms with Crippen molar-refractivity contribution in [2.45, 2.75) is 82.4 Å². The summed E-state index contributed by atoms with van der Waals surface area (Å²) in [6.07, 6.45) is -1.35. The number of sulfonamides is 1. The second-order valence-electron chi connectivity index (χ2n) is 13.1. The number of amides is 2. The van der Waals surface area contributed by atoms with E-state index in [0.717, 1.165) is 5.56 Å². The molecule has 2 aromatic rings. The van der Waals surface area contributed by atoms with Gasteiger partial charge in [-0.05, 0) is 69.4 Å². The Hall–Kier alpha value is -3.39. The van der Waals surface area contributed by atoms with Crippen LogP contribution in [-0.4, -0.2) is 88.4 Å². The van der Waals surface area contributed by atoms with Crippen LogP contribution in [0, 0.1) is 11.8 Å². The summed E-state index contributed by atoms with van der Waals surface area (Å²) < 4.78 is 57.3. The maximum Gasteiger partial charge on any atom is 0.407 e. The van der Waals surface area contributed by atoms with Crippen molar-refractivity contribution in [2.24, 2.45) is 11.8 Å². The first-order chi connectivity index (χ1) is 21.7. The van der Waals surface area contributed by atoms with Crippen molar-refractivity contribution in [3.8, 4) is 5.75 Å². The molecule has 254 valence electrons. The number of hydrogen-bond donors (Lipinski definition) is 2. The molecule has 0 bridgehead atoms. The summed E-state index contributed by atoms with van der Waals surface area (Å²) in [5.41, 5.74) is 0.0520. The number of benzene rings is 2. The molecule has 0 spiro atoms. The molecule has 0 aromatic heterocycles. The number of rotatable bonds is 13. The molecule has 2 saturated heterocycles. The zero-order chi connectivity index (χ0) is 33.5. The number of carbonyl (C=O) groups excluding carboxylic acids is 2. The van der Waals surface area contributed by atoms with Crippen LogP contribution in [0.1, 0.15) is 46.6 Å². The molecule has 12 nitrogen and oxygen atoms in total. The maximum absolute atomic E-state index is 14.1. The minimum atomic E-state index is -4.04. The van der Waals surface area contributed by atoms with E-state index in [2.05, 4.69) is 10.6 Å². The predicted octanol–water partition coefficient (Wildman–Crippen LogP) is 4.33. The fourth-order valence-electron chi connectivity index (χ4n) is 5.56. The van der Waals surface area contributed by atoms with E-state index in [0.29, 0.717) is 18.8 Å². The topological polar surface area (TPSA) is 142 Å². The van der Waals surface area contributed by atoms with Gasteiger partial charge < -0.3 is 34.3 Å². The highest BCUT2D eigenvalue weighted by Gasteiger charge is 2.44. The number of nitrogens with zero attached hydrogens (tertiary/aromatic N) is 1. The quantitative estimate of drug-likeness (QED) is 0.321. The van der Waals surface area contributed by atoms with Crippen molar-refractivity contribution < 1.29 is 41.7 Å². The monoisotopic (exact) mass is 661 g/mol. The van der Waals surface area contributed by atoms with Crippen LogP contribution in [0.4, 0.5) is 9.59 Å². The number of hydrogen-bond acceptors (Lipinski definition) is 9. The fraction of sp³-hybridized carbons (Fsp3) is 0.576. The molecule has 46 heavy (non-hydrogen) atoms. The Morgan fingerprint density at radius 2 is 1.63 bits per heavy atom. The summed E-state index contributed by atoms with van der Waals surface area (Å²) in [4.78, 5) is 26.7. The van der Waals surface area contributed by atoms with Gasteiger partial charge >= 0.3 is 12.2 Å². The van der Waals surface area contributed by atoms with E-state index >= 15 is 0 Å². The van der Waals surface area contributed by atoms with Gasteiger partial charge in [-0.25, -0.2) is 18.0 Å². The molecule has 4 rings (SSSR count). The van der Waals surface area contributed by atoms with Crippen LogP contribution in [-0.2, 0) is 35.4 Å². The Morgan fingerprint density at radius 1 is 0.957 bits per heavy atom. The molecule has 0 unspecified atom stereocenters. The van der Waals surface area contributed by atoms with Crippen LogP contribution in [0.15, 0.2) is 59.5 Å². The van der Waals surface area contributed by atoms with E-state index in [1.165, 1.54) is 23.5 Å². The summed E-state index contributed by atoms with van der Waals surface area (Å²) in [5.74, 6) is 0.405. The second kappa shape index (κ2) is 15.5. The van der Waals surface area contributed by atoms with Crippen molar-refractivity contribution >= 4 is 22.2 Å². The lowest BCUT2D eigenvalue weighted by Crippen LogP contribution is -2.59. The Kier molecular flexibility index (Phi) is 11.9. The van der Waals surface area contributed by atoms with Crippen LogP contribution < -0.4 is 15.4 Å². The first-order valence-electron chi connectivity index (χ1n) is 15.6. The first-order valence-corrected chi connectivity index (χ1v) is 17.1. The summed E-state index contributed by atoms with van der Waals surface area (Å²) in [6.45, 7) is 9.78. The Labute approximate surface area is 272 Å². The summed E-state index contributed by atoms with van der Waals surface area (Å²) >= 11 is 0. The molecule has 0 saturated carbocycles. The van der Waals surface area contributed by atoms with Crippen molar-refractivity contribution in [3.05, 3.63) is 60.2 Å². The van der Waals surface area contributed by atoms with Gasteiger partial charge in [0, 0.05) is 13.1 Å². The molecule has 2 aliphatic heterocycles. The first kappa shape index (κ1) is 35.5. The zero-order valence-corrected chi connectivity index (χ0v) is 28.2. The third-order valence-electron chi connectivity index (χ3n) is 7.70. The SMILES string of the molecule is COc1ccc(S(=O)(=O)N(CC(C)C)C[C@@H](NC(=O)OC(C)(C)C)[C@H](Cc2ccccc2)NC(=O)O[C@H]2CO[C@H]3OCC[C@H]32)cc1. The molecule has 2 fully saturated rings. The largest absolute Gasteiger partial charge is 0.497 e. The van der Waals surface area contributed by atoms with E-state index in [1.807, 2.05) is 44.2 Å². The molecule has 2 heterocycles.